The Balaban J connectivity index is 1.98. The molecule has 1 atom stereocenters. The summed E-state index contributed by atoms with van der Waals surface area (Å²) >= 11 is 5.34. The molecule has 3 heteroatoms. The minimum absolute atomic E-state index is 0.528. The second kappa shape index (κ2) is 7.83. The van der Waals surface area contributed by atoms with Crippen molar-refractivity contribution < 1.29 is 0 Å². The maximum atomic E-state index is 3.67. The molecule has 1 N–H and O–H groups in total. The molecule has 2 rings (SSSR count). The van der Waals surface area contributed by atoms with E-state index in [2.05, 4.69) is 69.9 Å². The van der Waals surface area contributed by atoms with Crippen LogP contribution in [-0.4, -0.2) is 12.6 Å². The molecule has 1 unspecified atom stereocenters. The summed E-state index contributed by atoms with van der Waals surface area (Å²) in [4.78, 5) is 1.46. The topological polar surface area (TPSA) is 12.0 Å². The predicted octanol–water partition coefficient (Wildman–Crippen LogP) is 4.66. The molecular formula is C16H20BrNS. The van der Waals surface area contributed by atoms with Gasteiger partial charge in [0, 0.05) is 15.4 Å². The van der Waals surface area contributed by atoms with Crippen LogP contribution in [0.4, 0.5) is 0 Å². The van der Waals surface area contributed by atoms with Gasteiger partial charge in [-0.1, -0.05) is 41.1 Å². The molecule has 0 bridgehead atoms. The van der Waals surface area contributed by atoms with Gasteiger partial charge in [-0.15, -0.1) is 11.3 Å². The van der Waals surface area contributed by atoms with Gasteiger partial charge in [0.15, 0.2) is 0 Å². The largest absolute Gasteiger partial charge is 0.313 e. The number of halogens is 1. The molecule has 0 fully saturated rings. The van der Waals surface area contributed by atoms with Crippen LogP contribution in [0.2, 0.25) is 0 Å². The summed E-state index contributed by atoms with van der Waals surface area (Å²) in [6.45, 7) is 3.31. The lowest BCUT2D eigenvalue weighted by atomic mass is 10.0. The van der Waals surface area contributed by atoms with Crippen molar-refractivity contribution in [3.05, 3.63) is 56.7 Å². The van der Waals surface area contributed by atoms with Crippen molar-refractivity contribution in [3.63, 3.8) is 0 Å². The summed E-state index contributed by atoms with van der Waals surface area (Å²) in [5, 5.41) is 5.82. The molecule has 0 spiro atoms. The first-order chi connectivity index (χ1) is 9.28. The Bertz CT molecular complexity index is 464. The summed E-state index contributed by atoms with van der Waals surface area (Å²) in [6, 6.07) is 13.6. The summed E-state index contributed by atoms with van der Waals surface area (Å²) in [6.07, 6.45) is 3.39. The highest BCUT2D eigenvalue weighted by molar-refractivity contribution is 9.10. The van der Waals surface area contributed by atoms with E-state index >= 15 is 0 Å². The lowest BCUT2D eigenvalue weighted by Gasteiger charge is -2.18. The maximum absolute atomic E-state index is 3.67. The Morgan fingerprint density at radius 1 is 1.16 bits per heavy atom. The van der Waals surface area contributed by atoms with Gasteiger partial charge in [0.05, 0.1) is 0 Å². The van der Waals surface area contributed by atoms with Gasteiger partial charge in [-0.25, -0.2) is 0 Å². The number of hydrogen-bond acceptors (Lipinski definition) is 2. The third-order valence-corrected chi connectivity index (χ3v) is 4.53. The standard InChI is InChI=1S/C16H20BrNS/c1-2-9-18-15(12-16-4-3-10-19-16)11-13-5-7-14(17)8-6-13/h3-8,10,15,18H,2,9,11-12H2,1H3. The van der Waals surface area contributed by atoms with Crippen molar-refractivity contribution in [2.75, 3.05) is 6.54 Å². The van der Waals surface area contributed by atoms with Crippen molar-refractivity contribution in [3.8, 4) is 0 Å². The minimum Gasteiger partial charge on any atom is -0.313 e. The average molecular weight is 338 g/mol. The summed E-state index contributed by atoms with van der Waals surface area (Å²) in [5.41, 5.74) is 1.40. The van der Waals surface area contributed by atoms with E-state index < -0.39 is 0 Å². The third-order valence-electron chi connectivity index (χ3n) is 3.11. The van der Waals surface area contributed by atoms with Gasteiger partial charge < -0.3 is 5.32 Å². The average Bonchev–Trinajstić information content (AvgIpc) is 2.91. The van der Waals surface area contributed by atoms with Crippen LogP contribution in [0.15, 0.2) is 46.3 Å². The molecule has 0 aliphatic rings. The molecule has 0 aliphatic heterocycles. The first-order valence-corrected chi connectivity index (χ1v) is 8.45. The van der Waals surface area contributed by atoms with Crippen LogP contribution in [-0.2, 0) is 12.8 Å². The molecule has 2 aromatic rings. The zero-order valence-corrected chi connectivity index (χ0v) is 13.6. The molecule has 0 radical (unpaired) electrons. The first-order valence-electron chi connectivity index (χ1n) is 6.78. The zero-order valence-electron chi connectivity index (χ0n) is 11.2. The zero-order chi connectivity index (χ0) is 13.5. The molecule has 0 saturated heterocycles. The minimum atomic E-state index is 0.528. The second-order valence-corrected chi connectivity index (χ2v) is 6.71. The highest BCUT2D eigenvalue weighted by atomic mass is 79.9. The lowest BCUT2D eigenvalue weighted by Crippen LogP contribution is -2.33. The van der Waals surface area contributed by atoms with Gasteiger partial charge in [-0.2, -0.15) is 0 Å². The molecular weight excluding hydrogens is 318 g/mol. The molecule has 0 amide bonds. The Labute approximate surface area is 128 Å². The predicted molar refractivity (Wildman–Crippen MR) is 88.0 cm³/mol. The van der Waals surface area contributed by atoms with Crippen LogP contribution in [0.1, 0.15) is 23.8 Å². The van der Waals surface area contributed by atoms with Gasteiger partial charge in [-0.3, -0.25) is 0 Å². The van der Waals surface area contributed by atoms with Crippen molar-refractivity contribution in [1.29, 1.82) is 0 Å². The van der Waals surface area contributed by atoms with Crippen LogP contribution < -0.4 is 5.32 Å². The fraction of sp³-hybridized carbons (Fsp3) is 0.375. The number of nitrogens with one attached hydrogen (secondary N) is 1. The molecule has 1 heterocycles. The van der Waals surface area contributed by atoms with Crippen LogP contribution in [0.5, 0.6) is 0 Å². The molecule has 1 aromatic carbocycles. The molecule has 1 nitrogen and oxygen atoms in total. The second-order valence-electron chi connectivity index (χ2n) is 4.77. The normalized spacial score (nSPS) is 12.5. The number of thiophene rings is 1. The smallest absolute Gasteiger partial charge is 0.0175 e. The number of hydrogen-bond donors (Lipinski definition) is 1. The SMILES string of the molecule is CCCNC(Cc1ccc(Br)cc1)Cc1cccs1. The van der Waals surface area contributed by atoms with Crippen LogP contribution >= 0.6 is 27.3 Å². The van der Waals surface area contributed by atoms with Crippen molar-refractivity contribution in [2.45, 2.75) is 32.2 Å². The molecule has 19 heavy (non-hydrogen) atoms. The van der Waals surface area contributed by atoms with E-state index in [1.807, 2.05) is 11.3 Å². The van der Waals surface area contributed by atoms with Gasteiger partial charge in [-0.05, 0) is 54.9 Å². The Kier molecular flexibility index (Phi) is 6.08. The van der Waals surface area contributed by atoms with Gasteiger partial charge in [0.25, 0.3) is 0 Å². The van der Waals surface area contributed by atoms with Crippen molar-refractivity contribution in [1.82, 2.24) is 5.32 Å². The molecule has 0 saturated carbocycles. The van der Waals surface area contributed by atoms with E-state index in [1.165, 1.54) is 16.9 Å². The van der Waals surface area contributed by atoms with E-state index in [4.69, 9.17) is 0 Å². The van der Waals surface area contributed by atoms with E-state index in [1.54, 1.807) is 0 Å². The molecule has 102 valence electrons. The summed E-state index contributed by atoms with van der Waals surface area (Å²) in [7, 11) is 0. The Morgan fingerprint density at radius 3 is 2.58 bits per heavy atom. The highest BCUT2D eigenvalue weighted by Crippen LogP contribution is 2.16. The van der Waals surface area contributed by atoms with Crippen molar-refractivity contribution >= 4 is 27.3 Å². The monoisotopic (exact) mass is 337 g/mol. The summed E-state index contributed by atoms with van der Waals surface area (Å²) < 4.78 is 1.15. The van der Waals surface area contributed by atoms with Crippen LogP contribution in [0, 0.1) is 0 Å². The van der Waals surface area contributed by atoms with Gasteiger partial charge in [0.1, 0.15) is 0 Å². The fourth-order valence-corrected chi connectivity index (χ4v) is 3.19. The van der Waals surface area contributed by atoms with E-state index in [9.17, 15) is 0 Å². The van der Waals surface area contributed by atoms with Crippen molar-refractivity contribution in [2.24, 2.45) is 0 Å². The number of rotatable bonds is 7. The number of benzene rings is 1. The quantitative estimate of drug-likeness (QED) is 0.774. The lowest BCUT2D eigenvalue weighted by molar-refractivity contribution is 0.507. The third kappa shape index (κ3) is 5.09. The Hall–Kier alpha value is -0.640. The van der Waals surface area contributed by atoms with E-state index in [0.29, 0.717) is 6.04 Å². The van der Waals surface area contributed by atoms with Gasteiger partial charge >= 0.3 is 0 Å². The van der Waals surface area contributed by atoms with E-state index in [0.717, 1.165) is 23.9 Å². The Morgan fingerprint density at radius 2 is 1.95 bits per heavy atom. The van der Waals surface area contributed by atoms with Gasteiger partial charge in [0.2, 0.25) is 0 Å². The summed E-state index contributed by atoms with van der Waals surface area (Å²) in [5.74, 6) is 0. The van der Waals surface area contributed by atoms with Crippen LogP contribution in [0.25, 0.3) is 0 Å². The fourth-order valence-electron chi connectivity index (χ4n) is 2.14. The highest BCUT2D eigenvalue weighted by Gasteiger charge is 2.10. The van der Waals surface area contributed by atoms with Crippen LogP contribution in [0.3, 0.4) is 0 Å². The maximum Gasteiger partial charge on any atom is 0.0175 e. The van der Waals surface area contributed by atoms with E-state index in [-0.39, 0.29) is 0 Å². The molecule has 0 aliphatic carbocycles. The first kappa shape index (κ1) is 14.8. The molecule has 1 aromatic heterocycles.